The number of rotatable bonds is 8. The molecule has 22 heavy (non-hydrogen) atoms. The number of benzene rings is 1. The molecule has 1 aliphatic heterocycles. The first-order valence-electron chi connectivity index (χ1n) is 6.84. The van der Waals surface area contributed by atoms with E-state index in [0.29, 0.717) is 18.6 Å². The van der Waals surface area contributed by atoms with Crippen molar-refractivity contribution in [3.05, 3.63) is 35.6 Å². The molecule has 2 rings (SSSR count). The number of carbonyl (C=O) groups is 3. The molecular weight excluding hydrogens is 291 g/mol. The lowest BCUT2D eigenvalue weighted by Gasteiger charge is -2.19. The molecule has 0 aliphatic carbocycles. The van der Waals surface area contributed by atoms with Gasteiger partial charge in [-0.2, -0.15) is 0 Å². The third kappa shape index (κ3) is 4.11. The zero-order valence-electron chi connectivity index (χ0n) is 12.1. The number of hydrogen-bond acceptors (Lipinski definition) is 4. The van der Waals surface area contributed by atoms with Gasteiger partial charge >= 0.3 is 0 Å². The zero-order valence-corrected chi connectivity index (χ0v) is 12.1. The van der Waals surface area contributed by atoms with Crippen molar-refractivity contribution in [1.82, 2.24) is 10.6 Å². The van der Waals surface area contributed by atoms with Gasteiger partial charge in [0.25, 0.3) is 0 Å². The fourth-order valence-corrected chi connectivity index (χ4v) is 2.06. The average Bonchev–Trinajstić information content (AvgIpc) is 3.25. The van der Waals surface area contributed by atoms with Crippen molar-refractivity contribution in [2.24, 2.45) is 0 Å². The van der Waals surface area contributed by atoms with Crippen LogP contribution in [0.4, 0.5) is 4.39 Å². The smallest absolute Gasteiger partial charge is 0.239 e. The number of ketones is 1. The Hall–Kier alpha value is -2.28. The summed E-state index contributed by atoms with van der Waals surface area (Å²) in [7, 11) is 0. The maximum absolute atomic E-state index is 12.9. The molecule has 1 fully saturated rings. The average molecular weight is 308 g/mol. The lowest BCUT2D eigenvalue weighted by atomic mass is 9.95. The van der Waals surface area contributed by atoms with Gasteiger partial charge in [-0.1, -0.05) is 12.1 Å². The summed E-state index contributed by atoms with van der Waals surface area (Å²) in [5, 5.41) is 4.81. The molecule has 1 aliphatic rings. The zero-order chi connectivity index (χ0) is 16.2. The molecule has 0 spiro atoms. The van der Waals surface area contributed by atoms with Crippen molar-refractivity contribution in [1.29, 1.82) is 0 Å². The minimum atomic E-state index is -0.879. The molecule has 6 nitrogen and oxygen atoms in total. The third-order valence-corrected chi connectivity index (χ3v) is 3.45. The fraction of sp³-hybridized carbons (Fsp3) is 0.400. The van der Waals surface area contributed by atoms with Crippen LogP contribution in [0.5, 0.6) is 0 Å². The van der Waals surface area contributed by atoms with Gasteiger partial charge in [0.1, 0.15) is 11.4 Å². The topological polar surface area (TPSA) is 87.8 Å². The lowest BCUT2D eigenvalue weighted by Crippen LogP contribution is -2.49. The summed E-state index contributed by atoms with van der Waals surface area (Å²) < 4.78 is 18.1. The van der Waals surface area contributed by atoms with Crippen LogP contribution in [-0.4, -0.2) is 42.9 Å². The van der Waals surface area contributed by atoms with E-state index in [1.807, 2.05) is 0 Å². The largest absolute Gasteiger partial charge is 0.361 e. The summed E-state index contributed by atoms with van der Waals surface area (Å²) in [6.45, 7) is 1.76. The van der Waals surface area contributed by atoms with Gasteiger partial charge in [0.15, 0.2) is 5.78 Å². The lowest BCUT2D eigenvalue weighted by molar-refractivity contribution is -0.130. The van der Waals surface area contributed by atoms with Gasteiger partial charge in [-0.3, -0.25) is 14.4 Å². The van der Waals surface area contributed by atoms with Crippen LogP contribution < -0.4 is 10.6 Å². The predicted molar refractivity (Wildman–Crippen MR) is 75.5 cm³/mol. The first-order valence-corrected chi connectivity index (χ1v) is 6.84. The molecule has 1 aromatic carbocycles. The number of ether oxygens (including phenoxy) is 1. The quantitative estimate of drug-likeness (QED) is 0.521. The molecule has 1 aromatic rings. The van der Waals surface area contributed by atoms with Crippen LogP contribution in [0, 0.1) is 5.82 Å². The minimum Gasteiger partial charge on any atom is -0.361 e. The Morgan fingerprint density at radius 1 is 1.41 bits per heavy atom. The molecule has 7 heteroatoms. The Bertz CT molecular complexity index is 569. The molecule has 1 saturated heterocycles. The molecular formula is C15H17FN2O4. The van der Waals surface area contributed by atoms with E-state index in [0.717, 1.165) is 0 Å². The Morgan fingerprint density at radius 3 is 2.59 bits per heavy atom. The van der Waals surface area contributed by atoms with Crippen LogP contribution in [0.25, 0.3) is 0 Å². The number of nitrogens with one attached hydrogen (secondary N) is 2. The molecule has 2 N–H and O–H groups in total. The fourth-order valence-electron chi connectivity index (χ4n) is 2.06. The first kappa shape index (κ1) is 16.1. The number of hydrogen-bond donors (Lipinski definition) is 2. The highest BCUT2D eigenvalue weighted by atomic mass is 19.1. The van der Waals surface area contributed by atoms with Gasteiger partial charge in [-0.25, -0.2) is 4.39 Å². The van der Waals surface area contributed by atoms with E-state index in [1.165, 1.54) is 12.1 Å². The molecule has 0 bridgehead atoms. The number of Topliss-reactive ketones (excluding diaryl/α,β-unsaturated/α-hetero) is 1. The predicted octanol–water partition coefficient (Wildman–Crippen LogP) is -0.0430. The van der Waals surface area contributed by atoms with Gasteiger partial charge in [0.05, 0.1) is 19.2 Å². The van der Waals surface area contributed by atoms with Gasteiger partial charge in [-0.05, 0) is 31.0 Å². The van der Waals surface area contributed by atoms with E-state index in [4.69, 9.17) is 4.74 Å². The molecule has 2 atom stereocenters. The highest BCUT2D eigenvalue weighted by Crippen LogP contribution is 2.29. The summed E-state index contributed by atoms with van der Waals surface area (Å²) in [5.41, 5.74) is -0.163. The molecule has 1 heterocycles. The maximum Gasteiger partial charge on any atom is 0.239 e. The normalized spacial score (nSPS) is 20.8. The number of amides is 2. The van der Waals surface area contributed by atoms with E-state index in [2.05, 4.69) is 10.6 Å². The van der Waals surface area contributed by atoms with E-state index >= 15 is 0 Å². The van der Waals surface area contributed by atoms with Gasteiger partial charge in [0, 0.05) is 0 Å². The van der Waals surface area contributed by atoms with Crippen LogP contribution >= 0.6 is 0 Å². The molecule has 118 valence electrons. The second-order valence-electron chi connectivity index (χ2n) is 5.33. The van der Waals surface area contributed by atoms with Crippen molar-refractivity contribution in [2.45, 2.75) is 25.0 Å². The van der Waals surface area contributed by atoms with E-state index in [9.17, 15) is 18.8 Å². The molecule has 2 amide bonds. The highest BCUT2D eigenvalue weighted by Gasteiger charge is 2.49. The molecule has 0 saturated carbocycles. The van der Waals surface area contributed by atoms with Crippen LogP contribution in [0.15, 0.2) is 24.3 Å². The highest BCUT2D eigenvalue weighted by molar-refractivity contribution is 5.97. The summed E-state index contributed by atoms with van der Waals surface area (Å²) in [5.74, 6) is -1.09. The van der Waals surface area contributed by atoms with Crippen molar-refractivity contribution in [3.63, 3.8) is 0 Å². The van der Waals surface area contributed by atoms with Crippen molar-refractivity contribution < 1.29 is 23.5 Å². The first-order chi connectivity index (χ1) is 10.4. The number of epoxide rings is 1. The Balaban J connectivity index is 2.07. The third-order valence-electron chi connectivity index (χ3n) is 3.45. The van der Waals surface area contributed by atoms with Gasteiger partial charge in [0.2, 0.25) is 12.3 Å². The molecule has 0 aromatic heterocycles. The van der Waals surface area contributed by atoms with Gasteiger partial charge < -0.3 is 15.4 Å². The van der Waals surface area contributed by atoms with Crippen LogP contribution in [0.2, 0.25) is 0 Å². The maximum atomic E-state index is 12.9. The van der Waals surface area contributed by atoms with E-state index < -0.39 is 17.6 Å². The summed E-state index contributed by atoms with van der Waals surface area (Å²) in [6, 6.07) is 4.91. The van der Waals surface area contributed by atoms with Crippen molar-refractivity contribution in [2.75, 3.05) is 13.2 Å². The Morgan fingerprint density at radius 2 is 2.05 bits per heavy atom. The SMILES string of the molecule is C[C@]1(C(=O)[C@H](Cc2ccc(F)cc2)NC(=O)CNC=O)CO1. The summed E-state index contributed by atoms with van der Waals surface area (Å²) >= 11 is 0. The van der Waals surface area contributed by atoms with Crippen LogP contribution in [-0.2, 0) is 25.5 Å². The van der Waals surface area contributed by atoms with E-state index in [1.54, 1.807) is 19.1 Å². The Kier molecular flexibility index (Phi) is 4.87. The molecule has 0 radical (unpaired) electrons. The second-order valence-corrected chi connectivity index (χ2v) is 5.33. The molecule has 0 unspecified atom stereocenters. The summed E-state index contributed by atoms with van der Waals surface area (Å²) in [4.78, 5) is 34.3. The van der Waals surface area contributed by atoms with Gasteiger partial charge in [-0.15, -0.1) is 0 Å². The van der Waals surface area contributed by atoms with E-state index in [-0.39, 0.29) is 24.6 Å². The number of halogens is 1. The Labute approximate surface area is 127 Å². The van der Waals surface area contributed by atoms with Crippen molar-refractivity contribution >= 4 is 18.1 Å². The monoisotopic (exact) mass is 308 g/mol. The van der Waals surface area contributed by atoms with Crippen molar-refractivity contribution in [3.8, 4) is 0 Å². The minimum absolute atomic E-state index is 0.214. The van der Waals surface area contributed by atoms with Crippen LogP contribution in [0.3, 0.4) is 0 Å². The standard InChI is InChI=1S/C15H17FN2O4/c1-15(8-22-15)14(21)12(18-13(20)7-17-9-19)6-10-2-4-11(16)5-3-10/h2-5,9,12H,6-8H2,1H3,(H,17,19)(H,18,20)/t12-,15+/m0/s1. The number of carbonyl (C=O) groups excluding carboxylic acids is 3. The summed E-state index contributed by atoms with van der Waals surface area (Å²) in [6.07, 6.45) is 0.632. The van der Waals surface area contributed by atoms with Crippen LogP contribution in [0.1, 0.15) is 12.5 Å². The second kappa shape index (κ2) is 6.65.